The summed E-state index contributed by atoms with van der Waals surface area (Å²) in [6.07, 6.45) is 4.93. The van der Waals surface area contributed by atoms with Gasteiger partial charge < -0.3 is 11.1 Å². The highest BCUT2D eigenvalue weighted by molar-refractivity contribution is 7.90. The third kappa shape index (κ3) is 5.50. The lowest BCUT2D eigenvalue weighted by Crippen LogP contribution is -2.39. The molecule has 37 heavy (non-hydrogen) atoms. The van der Waals surface area contributed by atoms with E-state index >= 15 is 0 Å². The zero-order chi connectivity index (χ0) is 26.2. The summed E-state index contributed by atoms with van der Waals surface area (Å²) in [5.74, 6) is 0.618. The molecule has 2 aromatic carbocycles. The number of sulfone groups is 1. The van der Waals surface area contributed by atoms with Gasteiger partial charge in [-0.25, -0.2) is 17.9 Å². The van der Waals surface area contributed by atoms with E-state index in [0.717, 1.165) is 48.4 Å². The molecule has 1 fully saturated rings. The monoisotopic (exact) mass is 518 g/mol. The number of primary amides is 1. The largest absolute Gasteiger partial charge is 0.369 e. The summed E-state index contributed by atoms with van der Waals surface area (Å²) in [6, 6.07) is 17.0. The average molecular weight is 519 g/mol. The van der Waals surface area contributed by atoms with Gasteiger partial charge in [0.25, 0.3) is 0 Å². The van der Waals surface area contributed by atoms with Gasteiger partial charge in [0.15, 0.2) is 9.84 Å². The van der Waals surface area contributed by atoms with Crippen LogP contribution in [0.3, 0.4) is 0 Å². The molecule has 2 aromatic heterocycles. The standard InChI is InChI=1S/C27H30N6O3S/c1-18-14-21(6-8-24(18)19-10-12-32(13-11-19)17-26(28)34)30-27-29-16-22-7-9-25(33(22)31-27)20-4-3-5-23(15-20)37(2,35)36/h3-9,14-16,19H,10-13,17H2,1-2H3,(H2,28,34)(H,30,31). The minimum absolute atomic E-state index is 0.265. The van der Waals surface area contributed by atoms with Crippen molar-refractivity contribution >= 4 is 32.9 Å². The summed E-state index contributed by atoms with van der Waals surface area (Å²) < 4.78 is 25.8. The average Bonchev–Trinajstić information content (AvgIpc) is 3.27. The number of fused-ring (bicyclic) bond motifs is 1. The second-order valence-electron chi connectivity index (χ2n) is 9.65. The molecule has 9 nitrogen and oxygen atoms in total. The minimum atomic E-state index is -3.32. The molecule has 1 aliphatic rings. The van der Waals surface area contributed by atoms with E-state index in [1.165, 1.54) is 17.4 Å². The highest BCUT2D eigenvalue weighted by atomic mass is 32.2. The first-order valence-electron chi connectivity index (χ1n) is 12.2. The third-order valence-electron chi connectivity index (χ3n) is 6.89. The lowest BCUT2D eigenvalue weighted by Gasteiger charge is -2.32. The topological polar surface area (TPSA) is 123 Å². The van der Waals surface area contributed by atoms with Crippen LogP contribution < -0.4 is 11.1 Å². The maximum atomic E-state index is 12.0. The van der Waals surface area contributed by atoms with Crippen molar-refractivity contribution in [3.63, 3.8) is 0 Å². The number of hydrogen-bond acceptors (Lipinski definition) is 7. The van der Waals surface area contributed by atoms with E-state index in [2.05, 4.69) is 39.4 Å². The normalized spacial score (nSPS) is 15.2. The molecule has 192 valence electrons. The van der Waals surface area contributed by atoms with Gasteiger partial charge >= 0.3 is 0 Å². The Morgan fingerprint density at radius 2 is 1.89 bits per heavy atom. The fourth-order valence-corrected chi connectivity index (χ4v) is 5.69. The van der Waals surface area contributed by atoms with Gasteiger partial charge in [0.05, 0.1) is 28.8 Å². The molecule has 0 spiro atoms. The fraction of sp³-hybridized carbons (Fsp3) is 0.296. The number of likely N-dealkylation sites (tertiary alicyclic amines) is 1. The van der Waals surface area contributed by atoms with Crippen molar-refractivity contribution < 1.29 is 13.2 Å². The van der Waals surface area contributed by atoms with Gasteiger partial charge in [-0.1, -0.05) is 18.2 Å². The Kier molecular flexibility index (Phi) is 6.70. The van der Waals surface area contributed by atoms with Gasteiger partial charge in [-0.3, -0.25) is 9.69 Å². The summed E-state index contributed by atoms with van der Waals surface area (Å²) in [5.41, 5.74) is 11.1. The maximum Gasteiger partial charge on any atom is 0.245 e. The summed E-state index contributed by atoms with van der Waals surface area (Å²) >= 11 is 0. The zero-order valence-corrected chi connectivity index (χ0v) is 21.7. The summed E-state index contributed by atoms with van der Waals surface area (Å²) in [5, 5.41) is 7.98. The number of carbonyl (C=O) groups excluding carboxylic acids is 1. The number of nitrogens with zero attached hydrogens (tertiary/aromatic N) is 4. The van der Waals surface area contributed by atoms with Crippen LogP contribution in [0.1, 0.15) is 29.9 Å². The van der Waals surface area contributed by atoms with Crippen LogP contribution in [-0.4, -0.2) is 59.7 Å². The fourth-order valence-electron chi connectivity index (χ4n) is 5.03. The Hall–Kier alpha value is -3.76. The van der Waals surface area contributed by atoms with Crippen molar-refractivity contribution in [1.82, 2.24) is 19.5 Å². The summed E-state index contributed by atoms with van der Waals surface area (Å²) in [7, 11) is -3.32. The predicted octanol–water partition coefficient (Wildman–Crippen LogP) is 3.52. The molecule has 1 amide bonds. The molecule has 0 atom stereocenters. The second-order valence-corrected chi connectivity index (χ2v) is 11.7. The van der Waals surface area contributed by atoms with Crippen LogP contribution in [0.15, 0.2) is 65.7 Å². The summed E-state index contributed by atoms with van der Waals surface area (Å²) in [6.45, 7) is 4.17. The molecule has 0 radical (unpaired) electrons. The number of aryl methyl sites for hydroxylation is 1. The first-order valence-corrected chi connectivity index (χ1v) is 14.1. The van der Waals surface area contributed by atoms with Gasteiger partial charge in [-0.15, -0.1) is 5.10 Å². The Bertz CT molecular complexity index is 1570. The Morgan fingerprint density at radius 1 is 1.11 bits per heavy atom. The number of hydrogen-bond donors (Lipinski definition) is 2. The van der Waals surface area contributed by atoms with Crippen LogP contribution in [0.25, 0.3) is 16.8 Å². The Morgan fingerprint density at radius 3 is 2.59 bits per heavy atom. The number of rotatable bonds is 7. The molecule has 1 saturated heterocycles. The van der Waals surface area contributed by atoms with Crippen LogP contribution in [0.5, 0.6) is 0 Å². The van der Waals surface area contributed by atoms with Crippen molar-refractivity contribution in [1.29, 1.82) is 0 Å². The quantitative estimate of drug-likeness (QED) is 0.384. The number of aromatic nitrogens is 3. The van der Waals surface area contributed by atoms with Gasteiger partial charge in [0.2, 0.25) is 11.9 Å². The smallest absolute Gasteiger partial charge is 0.245 e. The van der Waals surface area contributed by atoms with Gasteiger partial charge in [-0.05, 0) is 86.3 Å². The van der Waals surface area contributed by atoms with E-state index in [-0.39, 0.29) is 10.8 Å². The Labute approximate surface area is 216 Å². The molecule has 3 N–H and O–H groups in total. The molecule has 0 bridgehead atoms. The number of piperidine rings is 1. The number of anilines is 2. The molecule has 0 saturated carbocycles. The number of nitrogens with two attached hydrogens (primary N) is 1. The van der Waals surface area contributed by atoms with Gasteiger partial charge in [0.1, 0.15) is 0 Å². The van der Waals surface area contributed by atoms with Crippen molar-refractivity contribution in [2.45, 2.75) is 30.6 Å². The highest BCUT2D eigenvalue weighted by Gasteiger charge is 2.22. The van der Waals surface area contributed by atoms with Gasteiger partial charge in [0, 0.05) is 17.5 Å². The number of benzene rings is 2. The van der Waals surface area contributed by atoms with E-state index in [4.69, 9.17) is 5.73 Å². The van der Waals surface area contributed by atoms with E-state index < -0.39 is 9.84 Å². The van der Waals surface area contributed by atoms with Crippen LogP contribution in [0.4, 0.5) is 11.6 Å². The minimum Gasteiger partial charge on any atom is -0.369 e. The molecule has 0 aliphatic carbocycles. The number of nitrogens with one attached hydrogen (secondary N) is 1. The SMILES string of the molecule is Cc1cc(Nc2ncc3ccc(-c4cccc(S(C)(=O)=O)c4)n3n2)ccc1C1CCN(CC(N)=O)CC1. The molecular weight excluding hydrogens is 488 g/mol. The van der Waals surface area contributed by atoms with E-state index in [9.17, 15) is 13.2 Å². The number of amides is 1. The third-order valence-corrected chi connectivity index (χ3v) is 8.00. The molecule has 10 heteroatoms. The van der Waals surface area contributed by atoms with E-state index in [1.807, 2.05) is 24.3 Å². The van der Waals surface area contributed by atoms with Crippen LogP contribution in [0, 0.1) is 6.92 Å². The van der Waals surface area contributed by atoms with Crippen LogP contribution in [0.2, 0.25) is 0 Å². The molecule has 4 aromatic rings. The Balaban J connectivity index is 1.35. The summed E-state index contributed by atoms with van der Waals surface area (Å²) in [4.78, 5) is 18.0. The first kappa shape index (κ1) is 24.9. The highest BCUT2D eigenvalue weighted by Crippen LogP contribution is 2.32. The van der Waals surface area contributed by atoms with Crippen molar-refractivity contribution in [2.24, 2.45) is 5.73 Å². The van der Waals surface area contributed by atoms with Crippen molar-refractivity contribution in [3.8, 4) is 11.3 Å². The lowest BCUT2D eigenvalue weighted by molar-refractivity contribution is -0.119. The molecule has 0 unspecified atom stereocenters. The molecular formula is C27H30N6O3S. The molecule has 1 aliphatic heterocycles. The van der Waals surface area contributed by atoms with E-state index in [0.29, 0.717) is 18.4 Å². The second kappa shape index (κ2) is 9.95. The van der Waals surface area contributed by atoms with E-state index in [1.54, 1.807) is 28.9 Å². The predicted molar refractivity (Wildman–Crippen MR) is 144 cm³/mol. The van der Waals surface area contributed by atoms with Crippen LogP contribution >= 0.6 is 0 Å². The van der Waals surface area contributed by atoms with Crippen molar-refractivity contribution in [2.75, 3.05) is 31.2 Å². The van der Waals surface area contributed by atoms with Crippen molar-refractivity contribution in [3.05, 3.63) is 71.9 Å². The molecule has 5 rings (SSSR count). The number of carbonyl (C=O) groups is 1. The zero-order valence-electron chi connectivity index (χ0n) is 20.9. The first-order chi connectivity index (χ1) is 17.7. The molecule has 3 heterocycles. The van der Waals surface area contributed by atoms with Gasteiger partial charge in [-0.2, -0.15) is 0 Å². The maximum absolute atomic E-state index is 12.0. The lowest BCUT2D eigenvalue weighted by atomic mass is 9.86. The van der Waals surface area contributed by atoms with Crippen LogP contribution in [-0.2, 0) is 14.6 Å².